The van der Waals surface area contributed by atoms with Crippen LogP contribution in [0.15, 0.2) is 51.8 Å². The van der Waals surface area contributed by atoms with Crippen molar-refractivity contribution in [1.29, 1.82) is 0 Å². The third-order valence-corrected chi connectivity index (χ3v) is 5.65. The molecule has 1 amide bonds. The smallest absolute Gasteiger partial charge is 0.286 e. The number of fused-ring (bicyclic) bond motifs is 1. The Morgan fingerprint density at radius 3 is 2.68 bits per heavy atom. The van der Waals surface area contributed by atoms with Crippen LogP contribution in [0, 0.1) is 12.7 Å². The van der Waals surface area contributed by atoms with Crippen LogP contribution in [0.25, 0.3) is 0 Å². The Labute approximate surface area is 148 Å². The number of anilines is 2. The Hall–Kier alpha value is -2.39. The molecule has 0 saturated carbocycles. The molecule has 130 valence electrons. The Kier molecular flexibility index (Phi) is 4.78. The minimum absolute atomic E-state index is 0.0418. The quantitative estimate of drug-likeness (QED) is 0.856. The maximum Gasteiger partial charge on any atom is 0.286 e. The number of amides is 1. The van der Waals surface area contributed by atoms with Crippen molar-refractivity contribution in [2.75, 3.05) is 16.4 Å². The number of nitrogens with one attached hydrogen (secondary N) is 2. The molecule has 0 aliphatic carbocycles. The van der Waals surface area contributed by atoms with Crippen molar-refractivity contribution in [3.63, 3.8) is 0 Å². The highest BCUT2D eigenvalue weighted by Gasteiger charge is 2.25. The minimum Gasteiger partial charge on any atom is -0.333 e. The number of rotatable bonds is 3. The maximum atomic E-state index is 12.8. The molecule has 9 heteroatoms. The average molecular weight is 379 g/mol. The van der Waals surface area contributed by atoms with Crippen molar-refractivity contribution in [1.82, 2.24) is 0 Å². The van der Waals surface area contributed by atoms with Crippen LogP contribution in [0.4, 0.5) is 15.8 Å². The van der Waals surface area contributed by atoms with E-state index in [2.05, 4.69) is 15.0 Å². The summed E-state index contributed by atoms with van der Waals surface area (Å²) in [4.78, 5) is 12.1. The van der Waals surface area contributed by atoms with E-state index >= 15 is 0 Å². The molecule has 25 heavy (non-hydrogen) atoms. The summed E-state index contributed by atoms with van der Waals surface area (Å²) in [5.41, 5.74) is 1.80. The number of carbonyl (C=O) groups is 1. The lowest BCUT2D eigenvalue weighted by atomic mass is 10.2. The Bertz CT molecular complexity index is 957. The molecule has 0 spiro atoms. The van der Waals surface area contributed by atoms with Crippen LogP contribution in [0.3, 0.4) is 0 Å². The van der Waals surface area contributed by atoms with Gasteiger partial charge in [-0.1, -0.05) is 17.8 Å². The number of hydrogen-bond donors (Lipinski definition) is 2. The Balaban J connectivity index is 1.66. The van der Waals surface area contributed by atoms with Gasteiger partial charge >= 0.3 is 0 Å². The second kappa shape index (κ2) is 6.85. The van der Waals surface area contributed by atoms with Gasteiger partial charge in [0.25, 0.3) is 10.0 Å². The lowest BCUT2D eigenvalue weighted by Gasteiger charge is -2.18. The summed E-state index contributed by atoms with van der Waals surface area (Å²) in [5.74, 6) is -0.791. The number of carbonyl (C=O) groups excluding carboxylic acids is 1. The summed E-state index contributed by atoms with van der Waals surface area (Å²) in [6, 6.07) is 10.3. The van der Waals surface area contributed by atoms with Gasteiger partial charge in [0.15, 0.2) is 5.17 Å². The molecular weight excluding hydrogens is 365 g/mol. The van der Waals surface area contributed by atoms with Crippen LogP contribution in [-0.2, 0) is 14.8 Å². The number of halogens is 1. The van der Waals surface area contributed by atoms with Crippen molar-refractivity contribution in [3.05, 3.63) is 53.8 Å². The number of benzene rings is 2. The van der Waals surface area contributed by atoms with Gasteiger partial charge in [0.05, 0.1) is 11.4 Å². The number of nitrogens with zero attached hydrogens (tertiary/aromatic N) is 1. The zero-order valence-corrected chi connectivity index (χ0v) is 14.7. The summed E-state index contributed by atoms with van der Waals surface area (Å²) < 4.78 is 40.9. The monoisotopic (exact) mass is 379 g/mol. The summed E-state index contributed by atoms with van der Waals surface area (Å²) in [6.07, 6.45) is 0. The van der Waals surface area contributed by atoms with Gasteiger partial charge in [0.2, 0.25) is 5.91 Å². The molecule has 0 fully saturated rings. The first-order chi connectivity index (χ1) is 11.8. The summed E-state index contributed by atoms with van der Waals surface area (Å²) in [5, 5.41) is 5.66. The fraction of sp³-hybridized carbons (Fsp3) is 0.125. The van der Waals surface area contributed by atoms with E-state index in [-0.39, 0.29) is 21.7 Å². The predicted octanol–water partition coefficient (Wildman–Crippen LogP) is 2.98. The molecular formula is C16H14FN3O3S2. The SMILES string of the molecule is Cc1ccc2c(c1)NC(SCC(=O)Nc1ccc(F)cc1)=NS2(=O)=O. The van der Waals surface area contributed by atoms with Crippen LogP contribution in [-0.4, -0.2) is 25.2 Å². The molecule has 0 atom stereocenters. The molecule has 0 aromatic heterocycles. The molecule has 0 radical (unpaired) electrons. The molecule has 0 bridgehead atoms. The lowest BCUT2D eigenvalue weighted by molar-refractivity contribution is -0.113. The largest absolute Gasteiger partial charge is 0.333 e. The number of sulfonamides is 1. The van der Waals surface area contributed by atoms with Crippen LogP contribution in [0.2, 0.25) is 0 Å². The van der Waals surface area contributed by atoms with Crippen molar-refractivity contribution < 1.29 is 17.6 Å². The van der Waals surface area contributed by atoms with Crippen molar-refractivity contribution in [2.24, 2.45) is 4.40 Å². The van der Waals surface area contributed by atoms with Crippen molar-refractivity contribution in [3.8, 4) is 0 Å². The van der Waals surface area contributed by atoms with Crippen LogP contribution in [0.5, 0.6) is 0 Å². The first-order valence-electron chi connectivity index (χ1n) is 7.24. The highest BCUT2D eigenvalue weighted by molar-refractivity contribution is 8.15. The first kappa shape index (κ1) is 17.4. The fourth-order valence-electron chi connectivity index (χ4n) is 2.19. The van der Waals surface area contributed by atoms with E-state index in [4.69, 9.17) is 0 Å². The first-order valence-corrected chi connectivity index (χ1v) is 9.67. The number of aryl methyl sites for hydroxylation is 1. The highest BCUT2D eigenvalue weighted by atomic mass is 32.2. The predicted molar refractivity (Wildman–Crippen MR) is 96.9 cm³/mol. The molecule has 0 saturated heterocycles. The van der Waals surface area contributed by atoms with Gasteiger partial charge in [-0.15, -0.1) is 4.40 Å². The van der Waals surface area contributed by atoms with E-state index in [1.54, 1.807) is 12.1 Å². The molecule has 1 heterocycles. The van der Waals surface area contributed by atoms with Crippen molar-refractivity contribution >= 4 is 44.2 Å². The van der Waals surface area contributed by atoms with Gasteiger partial charge < -0.3 is 10.6 Å². The molecule has 2 N–H and O–H groups in total. The van der Waals surface area contributed by atoms with E-state index in [0.717, 1.165) is 17.3 Å². The van der Waals surface area contributed by atoms with Gasteiger partial charge in [-0.25, -0.2) is 4.39 Å². The fourth-order valence-corrected chi connectivity index (χ4v) is 4.21. The standard InChI is InChI=1S/C16H14FN3O3S2/c1-10-2-7-14-13(8-10)19-16(20-25(14,22)23)24-9-15(21)18-12-5-3-11(17)4-6-12/h2-8H,9H2,1H3,(H,18,21)(H,19,20). The van der Waals surface area contributed by atoms with E-state index < -0.39 is 15.8 Å². The van der Waals surface area contributed by atoms with Gasteiger partial charge in [-0.2, -0.15) is 8.42 Å². The Morgan fingerprint density at radius 1 is 1.24 bits per heavy atom. The highest BCUT2D eigenvalue weighted by Crippen LogP contribution is 2.30. The zero-order chi connectivity index (χ0) is 18.0. The third-order valence-electron chi connectivity index (χ3n) is 3.33. The number of thioether (sulfide) groups is 1. The van der Waals surface area contributed by atoms with Gasteiger partial charge in [0, 0.05) is 5.69 Å². The second-order valence-corrected chi connectivity index (χ2v) is 7.88. The minimum atomic E-state index is -3.79. The lowest BCUT2D eigenvalue weighted by Crippen LogP contribution is -2.22. The third kappa shape index (κ3) is 4.18. The molecule has 2 aromatic rings. The number of hydrogen-bond acceptors (Lipinski definition) is 5. The summed E-state index contributed by atoms with van der Waals surface area (Å²) >= 11 is 0.973. The zero-order valence-electron chi connectivity index (χ0n) is 13.1. The average Bonchev–Trinajstić information content (AvgIpc) is 2.54. The van der Waals surface area contributed by atoms with E-state index in [1.807, 2.05) is 6.92 Å². The molecule has 1 aliphatic heterocycles. The van der Waals surface area contributed by atoms with E-state index in [1.165, 1.54) is 30.3 Å². The molecule has 0 unspecified atom stereocenters. The van der Waals surface area contributed by atoms with Crippen LogP contribution in [0.1, 0.15) is 5.56 Å². The summed E-state index contributed by atoms with van der Waals surface area (Å²) in [7, 11) is -3.79. The molecule has 2 aromatic carbocycles. The Morgan fingerprint density at radius 2 is 1.96 bits per heavy atom. The van der Waals surface area contributed by atoms with Crippen LogP contribution < -0.4 is 10.6 Å². The van der Waals surface area contributed by atoms with Gasteiger partial charge in [-0.05, 0) is 48.9 Å². The van der Waals surface area contributed by atoms with Crippen molar-refractivity contribution in [2.45, 2.75) is 11.8 Å². The van der Waals surface area contributed by atoms with Gasteiger partial charge in [0.1, 0.15) is 10.7 Å². The van der Waals surface area contributed by atoms with Gasteiger partial charge in [-0.3, -0.25) is 4.79 Å². The normalized spacial score (nSPS) is 14.9. The molecule has 3 rings (SSSR count). The summed E-state index contributed by atoms with van der Waals surface area (Å²) in [6.45, 7) is 1.85. The number of amidine groups is 1. The second-order valence-electron chi connectivity index (χ2n) is 5.34. The topological polar surface area (TPSA) is 87.6 Å². The maximum absolute atomic E-state index is 12.8. The van der Waals surface area contributed by atoms with E-state index in [0.29, 0.717) is 11.4 Å². The molecule has 6 nitrogen and oxygen atoms in total. The van der Waals surface area contributed by atoms with Crippen LogP contribution >= 0.6 is 11.8 Å². The molecule has 1 aliphatic rings. The van der Waals surface area contributed by atoms with E-state index in [9.17, 15) is 17.6 Å².